The Morgan fingerprint density at radius 2 is 1.14 bits per heavy atom. The van der Waals surface area contributed by atoms with Gasteiger partial charge in [-0.25, -0.2) is 4.79 Å². The number of benzene rings is 2. The Balaban J connectivity index is 2.11. The van der Waals surface area contributed by atoms with E-state index in [-0.39, 0.29) is 22.3 Å². The van der Waals surface area contributed by atoms with Crippen molar-refractivity contribution in [2.24, 2.45) is 0 Å². The van der Waals surface area contributed by atoms with Crippen LogP contribution in [0.25, 0.3) is 5.76 Å². The van der Waals surface area contributed by atoms with Gasteiger partial charge in [-0.3, -0.25) is 19.2 Å². The van der Waals surface area contributed by atoms with Crippen LogP contribution in [0.15, 0.2) is 65.3 Å². The lowest BCUT2D eigenvalue weighted by atomic mass is 9.76. The van der Waals surface area contributed by atoms with Gasteiger partial charge in [0.05, 0.1) is 18.3 Å². The maximum Gasteiger partial charge on any atom is 0.342 e. The number of esters is 1. The van der Waals surface area contributed by atoms with Crippen LogP contribution in [0.4, 0.5) is 0 Å². The van der Waals surface area contributed by atoms with Gasteiger partial charge in [0, 0.05) is 22.3 Å². The van der Waals surface area contributed by atoms with Crippen molar-refractivity contribution in [1.29, 1.82) is 0 Å². The van der Waals surface area contributed by atoms with E-state index in [0.717, 1.165) is 7.11 Å². The maximum absolute atomic E-state index is 13.2. The molecule has 142 valence electrons. The molecule has 0 unspecified atom stereocenters. The second kappa shape index (κ2) is 6.49. The normalized spacial score (nSPS) is 18.5. The standard InChI is InChI=1S/C22H12O7/c1-29-22(28)16-14(17(23)10-6-2-3-7-11(10)19(16)25)15-18(24)12-8-4-5-9-13(12)20(26)21(15)27/h2-9,25H,1H3/b15-14+. The van der Waals surface area contributed by atoms with Gasteiger partial charge in [0.2, 0.25) is 11.6 Å². The molecule has 0 atom stereocenters. The highest BCUT2D eigenvalue weighted by atomic mass is 16.5. The highest BCUT2D eigenvalue weighted by Gasteiger charge is 2.44. The zero-order valence-corrected chi connectivity index (χ0v) is 15.0. The van der Waals surface area contributed by atoms with E-state index >= 15 is 0 Å². The lowest BCUT2D eigenvalue weighted by Gasteiger charge is -2.24. The molecule has 0 spiro atoms. The number of rotatable bonds is 1. The molecule has 0 saturated carbocycles. The number of aliphatic hydroxyl groups excluding tert-OH is 1. The molecule has 2 aliphatic carbocycles. The first kappa shape index (κ1) is 18.2. The van der Waals surface area contributed by atoms with E-state index in [0.29, 0.717) is 0 Å². The number of ether oxygens (including phenoxy) is 1. The molecule has 2 aliphatic rings. The van der Waals surface area contributed by atoms with E-state index in [1.807, 2.05) is 0 Å². The number of ketones is 4. The van der Waals surface area contributed by atoms with E-state index in [2.05, 4.69) is 4.74 Å². The van der Waals surface area contributed by atoms with Crippen LogP contribution in [0.3, 0.4) is 0 Å². The van der Waals surface area contributed by atoms with Gasteiger partial charge in [0.15, 0.2) is 11.6 Å². The number of methoxy groups -OCH3 is 1. The lowest BCUT2D eigenvalue weighted by Crippen LogP contribution is -2.34. The molecule has 0 fully saturated rings. The number of Topliss-reactive ketones (excluding diaryl/α,β-unsaturated/α-hetero) is 4. The Labute approximate surface area is 163 Å². The molecule has 0 bridgehead atoms. The molecule has 0 amide bonds. The highest BCUT2D eigenvalue weighted by molar-refractivity contribution is 6.60. The van der Waals surface area contributed by atoms with Crippen molar-refractivity contribution in [3.8, 4) is 0 Å². The van der Waals surface area contributed by atoms with Crippen LogP contribution in [0.5, 0.6) is 0 Å². The number of allylic oxidation sites excluding steroid dienone is 1. The number of carbonyl (C=O) groups excluding carboxylic acids is 5. The summed E-state index contributed by atoms with van der Waals surface area (Å²) in [4.78, 5) is 64.0. The van der Waals surface area contributed by atoms with E-state index < -0.39 is 51.6 Å². The van der Waals surface area contributed by atoms with Gasteiger partial charge in [0.25, 0.3) is 0 Å². The summed E-state index contributed by atoms with van der Waals surface area (Å²) < 4.78 is 4.66. The van der Waals surface area contributed by atoms with E-state index in [4.69, 9.17) is 0 Å². The van der Waals surface area contributed by atoms with Crippen molar-refractivity contribution >= 4 is 34.9 Å². The van der Waals surface area contributed by atoms with Crippen LogP contribution in [-0.2, 0) is 14.3 Å². The van der Waals surface area contributed by atoms with Crippen molar-refractivity contribution in [3.05, 3.63) is 87.5 Å². The Kier molecular flexibility index (Phi) is 4.08. The first-order valence-corrected chi connectivity index (χ1v) is 8.51. The van der Waals surface area contributed by atoms with Crippen LogP contribution in [0.1, 0.15) is 36.6 Å². The van der Waals surface area contributed by atoms with Crippen molar-refractivity contribution in [2.75, 3.05) is 7.11 Å². The molecule has 29 heavy (non-hydrogen) atoms. The third-order valence-corrected chi connectivity index (χ3v) is 4.86. The minimum absolute atomic E-state index is 0.00735. The molecule has 0 aliphatic heterocycles. The van der Waals surface area contributed by atoms with Gasteiger partial charge in [-0.1, -0.05) is 48.5 Å². The summed E-state index contributed by atoms with van der Waals surface area (Å²) in [6, 6.07) is 11.6. The Bertz CT molecular complexity index is 1230. The second-order valence-electron chi connectivity index (χ2n) is 6.37. The monoisotopic (exact) mass is 388 g/mol. The summed E-state index contributed by atoms with van der Waals surface area (Å²) >= 11 is 0. The lowest BCUT2D eigenvalue weighted by molar-refractivity contribution is -0.135. The summed E-state index contributed by atoms with van der Waals surface area (Å²) in [6.45, 7) is 0. The minimum atomic E-state index is -1.22. The van der Waals surface area contributed by atoms with Gasteiger partial charge in [-0.2, -0.15) is 0 Å². The minimum Gasteiger partial charge on any atom is -0.506 e. The summed E-state index contributed by atoms with van der Waals surface area (Å²) in [5, 5.41) is 10.7. The predicted molar refractivity (Wildman–Crippen MR) is 99.5 cm³/mol. The fourth-order valence-electron chi connectivity index (χ4n) is 3.51. The zero-order valence-electron chi connectivity index (χ0n) is 15.0. The summed E-state index contributed by atoms with van der Waals surface area (Å²) in [5.74, 6) is -5.62. The van der Waals surface area contributed by atoms with Crippen LogP contribution in [0, 0.1) is 0 Å². The Morgan fingerprint density at radius 1 is 0.690 bits per heavy atom. The van der Waals surface area contributed by atoms with Crippen molar-refractivity contribution in [1.82, 2.24) is 0 Å². The molecule has 4 rings (SSSR count). The topological polar surface area (TPSA) is 115 Å². The summed E-state index contributed by atoms with van der Waals surface area (Å²) in [6.07, 6.45) is 0. The van der Waals surface area contributed by atoms with Crippen molar-refractivity contribution in [3.63, 3.8) is 0 Å². The smallest absolute Gasteiger partial charge is 0.342 e. The number of hydrogen-bond acceptors (Lipinski definition) is 7. The average molecular weight is 388 g/mol. The fraction of sp³-hybridized carbons (Fsp3) is 0.0455. The SMILES string of the molecule is COC(=O)C1=C(O)c2ccccc2C(=O)/C1=C1/C(=O)C(=O)c2ccccc2C1=O. The predicted octanol–water partition coefficient (Wildman–Crippen LogP) is 2.27. The molecule has 2 aromatic carbocycles. The van der Waals surface area contributed by atoms with Gasteiger partial charge < -0.3 is 9.84 Å². The maximum atomic E-state index is 13.2. The average Bonchev–Trinajstić information content (AvgIpc) is 2.75. The number of fused-ring (bicyclic) bond motifs is 2. The first-order chi connectivity index (χ1) is 13.9. The highest BCUT2D eigenvalue weighted by Crippen LogP contribution is 2.38. The van der Waals surface area contributed by atoms with Gasteiger partial charge >= 0.3 is 5.97 Å². The molecule has 7 nitrogen and oxygen atoms in total. The molecular formula is C22H12O7. The third kappa shape index (κ3) is 2.48. The number of aliphatic hydroxyl groups is 1. The zero-order chi connectivity index (χ0) is 20.9. The molecule has 7 heteroatoms. The van der Waals surface area contributed by atoms with Crippen LogP contribution in [0.2, 0.25) is 0 Å². The molecule has 2 aromatic rings. The number of carbonyl (C=O) groups is 5. The largest absolute Gasteiger partial charge is 0.506 e. The molecule has 0 saturated heterocycles. The van der Waals surface area contributed by atoms with Crippen LogP contribution in [-0.4, -0.2) is 41.3 Å². The van der Waals surface area contributed by atoms with Crippen molar-refractivity contribution < 1.29 is 33.8 Å². The Hall–Kier alpha value is -4.13. The molecular weight excluding hydrogens is 376 g/mol. The van der Waals surface area contributed by atoms with E-state index in [9.17, 15) is 29.1 Å². The van der Waals surface area contributed by atoms with Gasteiger partial charge in [0.1, 0.15) is 11.3 Å². The number of hydrogen-bond donors (Lipinski definition) is 1. The molecule has 0 radical (unpaired) electrons. The third-order valence-electron chi connectivity index (χ3n) is 4.86. The summed E-state index contributed by atoms with van der Waals surface area (Å²) in [5.41, 5.74) is -2.10. The quantitative estimate of drug-likeness (QED) is 0.345. The van der Waals surface area contributed by atoms with E-state index in [1.165, 1.54) is 42.5 Å². The van der Waals surface area contributed by atoms with Crippen LogP contribution >= 0.6 is 0 Å². The van der Waals surface area contributed by atoms with E-state index in [1.54, 1.807) is 6.07 Å². The van der Waals surface area contributed by atoms with Crippen molar-refractivity contribution in [2.45, 2.75) is 0 Å². The molecule has 0 heterocycles. The van der Waals surface area contributed by atoms with Crippen LogP contribution < -0.4 is 0 Å². The van der Waals surface area contributed by atoms with Gasteiger partial charge in [-0.15, -0.1) is 0 Å². The summed E-state index contributed by atoms with van der Waals surface area (Å²) in [7, 11) is 1.03. The molecule has 1 N–H and O–H groups in total. The Morgan fingerprint density at radius 3 is 1.69 bits per heavy atom. The fourth-order valence-corrected chi connectivity index (χ4v) is 3.51. The second-order valence-corrected chi connectivity index (χ2v) is 6.37. The first-order valence-electron chi connectivity index (χ1n) is 8.51. The van der Waals surface area contributed by atoms with Gasteiger partial charge in [-0.05, 0) is 0 Å². The molecule has 0 aromatic heterocycles.